The third-order valence-corrected chi connectivity index (χ3v) is 5.93. The predicted octanol–water partition coefficient (Wildman–Crippen LogP) is 4.19. The van der Waals surface area contributed by atoms with Gasteiger partial charge in [-0.15, -0.1) is 0 Å². The molecule has 0 saturated heterocycles. The second-order valence-electron chi connectivity index (χ2n) is 7.84. The number of rotatable bonds is 6. The van der Waals surface area contributed by atoms with Gasteiger partial charge in [0, 0.05) is 42.0 Å². The molecule has 3 amide bonds. The van der Waals surface area contributed by atoms with Crippen molar-refractivity contribution in [3.8, 4) is 5.75 Å². The number of amides is 3. The van der Waals surface area contributed by atoms with Crippen LogP contribution in [0.2, 0.25) is 0 Å². The number of carbonyl (C=O) groups excluding carboxylic acids is 3. The molecule has 0 unspecified atom stereocenters. The van der Waals surface area contributed by atoms with Crippen LogP contribution in [0.1, 0.15) is 31.1 Å². The Balaban J connectivity index is 1.50. The standard InChI is InChI=1S/C27H21N3O4/c1-34-23-13-3-2-12-22(23)29(25(31)19-9-6-14-28-17-19)15-16-30-26(32)20-10-4-7-18-8-5-11-21(24(18)20)27(30)33/h2-14,17H,15-16H2,1H3. The first-order valence-corrected chi connectivity index (χ1v) is 10.8. The molecule has 1 aliphatic rings. The molecule has 168 valence electrons. The topological polar surface area (TPSA) is 79.8 Å². The van der Waals surface area contributed by atoms with Crippen molar-refractivity contribution in [3.05, 3.63) is 102 Å². The Kier molecular flexibility index (Phi) is 5.51. The van der Waals surface area contributed by atoms with Gasteiger partial charge >= 0.3 is 0 Å². The van der Waals surface area contributed by atoms with Crippen molar-refractivity contribution in [3.63, 3.8) is 0 Å². The van der Waals surface area contributed by atoms with Crippen LogP contribution in [-0.4, -0.2) is 47.8 Å². The summed E-state index contributed by atoms with van der Waals surface area (Å²) in [5, 5.41) is 1.52. The predicted molar refractivity (Wildman–Crippen MR) is 128 cm³/mol. The molecule has 0 radical (unpaired) electrons. The number of benzene rings is 3. The van der Waals surface area contributed by atoms with E-state index in [0.29, 0.717) is 33.5 Å². The van der Waals surface area contributed by atoms with Gasteiger partial charge in [0.1, 0.15) is 5.75 Å². The fourth-order valence-corrected chi connectivity index (χ4v) is 4.31. The molecular weight excluding hydrogens is 430 g/mol. The number of para-hydroxylation sites is 2. The molecule has 0 N–H and O–H groups in total. The van der Waals surface area contributed by atoms with Crippen LogP contribution >= 0.6 is 0 Å². The van der Waals surface area contributed by atoms with Gasteiger partial charge in [0.05, 0.1) is 18.4 Å². The van der Waals surface area contributed by atoms with Gasteiger partial charge in [-0.05, 0) is 41.8 Å². The quantitative estimate of drug-likeness (QED) is 0.411. The first-order valence-electron chi connectivity index (χ1n) is 10.8. The van der Waals surface area contributed by atoms with Gasteiger partial charge in [-0.1, -0.05) is 36.4 Å². The second kappa shape index (κ2) is 8.78. The molecule has 34 heavy (non-hydrogen) atoms. The van der Waals surface area contributed by atoms with E-state index in [4.69, 9.17) is 4.74 Å². The van der Waals surface area contributed by atoms with Crippen LogP contribution in [-0.2, 0) is 0 Å². The van der Waals surface area contributed by atoms with E-state index in [1.165, 1.54) is 23.1 Å². The number of imide groups is 1. The lowest BCUT2D eigenvalue weighted by atomic mass is 9.94. The van der Waals surface area contributed by atoms with E-state index in [1.807, 2.05) is 18.2 Å². The van der Waals surface area contributed by atoms with Crippen LogP contribution in [0, 0.1) is 0 Å². The number of hydrogen-bond acceptors (Lipinski definition) is 5. The smallest absolute Gasteiger partial charge is 0.261 e. The summed E-state index contributed by atoms with van der Waals surface area (Å²) in [7, 11) is 1.53. The summed E-state index contributed by atoms with van der Waals surface area (Å²) in [5.74, 6) is -0.547. The Morgan fingerprint density at radius 3 is 2.26 bits per heavy atom. The lowest BCUT2D eigenvalue weighted by Crippen LogP contribution is -2.46. The van der Waals surface area contributed by atoms with Crippen LogP contribution in [0.25, 0.3) is 10.8 Å². The molecule has 4 aromatic rings. The molecule has 2 heterocycles. The van der Waals surface area contributed by atoms with Crippen molar-refractivity contribution in [2.75, 3.05) is 25.1 Å². The molecule has 0 spiro atoms. The van der Waals surface area contributed by atoms with Gasteiger partial charge < -0.3 is 9.64 Å². The fraction of sp³-hybridized carbons (Fsp3) is 0.111. The Bertz CT molecular complexity index is 1370. The highest BCUT2D eigenvalue weighted by molar-refractivity contribution is 6.25. The third kappa shape index (κ3) is 3.57. The van der Waals surface area contributed by atoms with Crippen molar-refractivity contribution in [1.82, 2.24) is 9.88 Å². The minimum Gasteiger partial charge on any atom is -0.495 e. The zero-order valence-electron chi connectivity index (χ0n) is 18.5. The molecule has 0 saturated carbocycles. The molecule has 0 aliphatic carbocycles. The number of carbonyl (C=O) groups is 3. The van der Waals surface area contributed by atoms with Crippen molar-refractivity contribution in [1.29, 1.82) is 0 Å². The maximum atomic E-state index is 13.4. The number of aromatic nitrogens is 1. The zero-order chi connectivity index (χ0) is 23.7. The van der Waals surface area contributed by atoms with E-state index in [-0.39, 0.29) is 30.8 Å². The minimum atomic E-state index is -0.372. The maximum Gasteiger partial charge on any atom is 0.261 e. The molecule has 0 bridgehead atoms. The summed E-state index contributed by atoms with van der Waals surface area (Å²) in [6, 6.07) is 21.3. The van der Waals surface area contributed by atoms with Gasteiger partial charge in [-0.3, -0.25) is 24.3 Å². The number of ether oxygens (including phenoxy) is 1. The monoisotopic (exact) mass is 451 g/mol. The summed E-state index contributed by atoms with van der Waals surface area (Å²) in [6.45, 7) is 0.107. The van der Waals surface area contributed by atoms with Gasteiger partial charge in [-0.25, -0.2) is 0 Å². The Morgan fingerprint density at radius 1 is 0.912 bits per heavy atom. The average molecular weight is 451 g/mol. The summed E-state index contributed by atoms with van der Waals surface area (Å²) < 4.78 is 5.47. The first kappa shape index (κ1) is 21.3. The first-order chi connectivity index (χ1) is 16.6. The average Bonchev–Trinajstić information content (AvgIpc) is 2.89. The normalized spacial score (nSPS) is 12.7. The number of nitrogens with zero attached hydrogens (tertiary/aromatic N) is 3. The number of hydrogen-bond donors (Lipinski definition) is 0. The zero-order valence-corrected chi connectivity index (χ0v) is 18.5. The Labute approximate surface area is 196 Å². The molecule has 0 atom stereocenters. The fourth-order valence-electron chi connectivity index (χ4n) is 4.31. The summed E-state index contributed by atoms with van der Waals surface area (Å²) in [5.41, 5.74) is 1.89. The second-order valence-corrected chi connectivity index (χ2v) is 7.84. The van der Waals surface area contributed by atoms with Crippen molar-refractivity contribution >= 4 is 34.2 Å². The van der Waals surface area contributed by atoms with E-state index in [1.54, 1.807) is 60.8 Å². The molecule has 0 fully saturated rings. The van der Waals surface area contributed by atoms with Crippen LogP contribution in [0.3, 0.4) is 0 Å². The molecular formula is C27H21N3O4. The van der Waals surface area contributed by atoms with Crippen LogP contribution in [0.15, 0.2) is 85.2 Å². The van der Waals surface area contributed by atoms with Crippen LogP contribution in [0.5, 0.6) is 5.75 Å². The summed E-state index contributed by atoms with van der Waals surface area (Å²) in [4.78, 5) is 46.8. The highest BCUT2D eigenvalue weighted by atomic mass is 16.5. The van der Waals surface area contributed by atoms with E-state index in [0.717, 1.165) is 5.39 Å². The highest BCUT2D eigenvalue weighted by Crippen LogP contribution is 2.31. The number of anilines is 1. The van der Waals surface area contributed by atoms with E-state index < -0.39 is 0 Å². The van der Waals surface area contributed by atoms with Crippen molar-refractivity contribution in [2.24, 2.45) is 0 Å². The van der Waals surface area contributed by atoms with Crippen molar-refractivity contribution in [2.45, 2.75) is 0 Å². The lowest BCUT2D eigenvalue weighted by Gasteiger charge is -2.30. The maximum absolute atomic E-state index is 13.4. The minimum absolute atomic E-state index is 0.0203. The Hall–Kier alpha value is -4.52. The third-order valence-electron chi connectivity index (χ3n) is 5.93. The van der Waals surface area contributed by atoms with E-state index in [9.17, 15) is 14.4 Å². The highest BCUT2D eigenvalue weighted by Gasteiger charge is 2.33. The van der Waals surface area contributed by atoms with Gasteiger partial charge in [-0.2, -0.15) is 0 Å². The summed E-state index contributed by atoms with van der Waals surface area (Å²) in [6.07, 6.45) is 3.08. The Morgan fingerprint density at radius 2 is 1.62 bits per heavy atom. The molecule has 3 aromatic carbocycles. The SMILES string of the molecule is COc1ccccc1N(CCN1C(=O)c2cccc3cccc(c23)C1=O)C(=O)c1cccnc1. The largest absolute Gasteiger partial charge is 0.495 e. The molecule has 1 aliphatic heterocycles. The molecule has 5 rings (SSSR count). The molecule has 1 aromatic heterocycles. The van der Waals surface area contributed by atoms with Gasteiger partial charge in [0.15, 0.2) is 0 Å². The van der Waals surface area contributed by atoms with Gasteiger partial charge in [0.2, 0.25) is 0 Å². The van der Waals surface area contributed by atoms with Crippen LogP contribution in [0.4, 0.5) is 5.69 Å². The van der Waals surface area contributed by atoms with Crippen molar-refractivity contribution < 1.29 is 19.1 Å². The van der Waals surface area contributed by atoms with E-state index >= 15 is 0 Å². The number of pyridine rings is 1. The molecule has 7 heteroatoms. The number of methoxy groups -OCH3 is 1. The van der Waals surface area contributed by atoms with Crippen LogP contribution < -0.4 is 9.64 Å². The molecule has 7 nitrogen and oxygen atoms in total. The van der Waals surface area contributed by atoms with E-state index in [2.05, 4.69) is 4.98 Å². The summed E-state index contributed by atoms with van der Waals surface area (Å²) >= 11 is 0. The lowest BCUT2D eigenvalue weighted by molar-refractivity contribution is 0.0611. The van der Waals surface area contributed by atoms with Gasteiger partial charge in [0.25, 0.3) is 17.7 Å².